The standard InChI is InChI=1S/C16H20N2O2S/c1-13-6-8-14(9-7-13)11-17-12-15-4-3-5-16(10-15)18-21(2,19)20/h3-10,17-18H,11-12H2,1-2H3. The molecule has 21 heavy (non-hydrogen) atoms. The van der Waals surface area contributed by atoms with E-state index in [-0.39, 0.29) is 0 Å². The van der Waals surface area contributed by atoms with Crippen LogP contribution in [0.25, 0.3) is 0 Å². The molecule has 0 radical (unpaired) electrons. The van der Waals surface area contributed by atoms with Gasteiger partial charge in [0.15, 0.2) is 0 Å². The predicted molar refractivity (Wildman–Crippen MR) is 86.6 cm³/mol. The van der Waals surface area contributed by atoms with Crippen molar-refractivity contribution in [2.24, 2.45) is 0 Å². The van der Waals surface area contributed by atoms with Gasteiger partial charge < -0.3 is 5.32 Å². The second-order valence-corrected chi connectivity index (χ2v) is 6.91. The molecule has 0 fully saturated rings. The van der Waals surface area contributed by atoms with Gasteiger partial charge in [0.25, 0.3) is 0 Å². The number of anilines is 1. The second-order valence-electron chi connectivity index (χ2n) is 5.16. The van der Waals surface area contributed by atoms with Crippen molar-refractivity contribution < 1.29 is 8.42 Å². The molecule has 0 spiro atoms. The fourth-order valence-corrected chi connectivity index (χ4v) is 2.57. The summed E-state index contributed by atoms with van der Waals surface area (Å²) in [6.45, 7) is 3.54. The molecular formula is C16H20N2O2S. The minimum absolute atomic E-state index is 0.590. The summed E-state index contributed by atoms with van der Waals surface area (Å²) in [4.78, 5) is 0. The van der Waals surface area contributed by atoms with Gasteiger partial charge in [-0.15, -0.1) is 0 Å². The van der Waals surface area contributed by atoms with Crippen molar-refractivity contribution in [1.29, 1.82) is 0 Å². The van der Waals surface area contributed by atoms with E-state index >= 15 is 0 Å². The summed E-state index contributed by atoms with van der Waals surface area (Å²) in [5, 5.41) is 3.35. The van der Waals surface area contributed by atoms with Crippen LogP contribution in [0.3, 0.4) is 0 Å². The monoisotopic (exact) mass is 304 g/mol. The van der Waals surface area contributed by atoms with Gasteiger partial charge in [0.05, 0.1) is 6.26 Å². The Hall–Kier alpha value is -1.85. The van der Waals surface area contributed by atoms with E-state index in [1.165, 1.54) is 11.1 Å². The first-order chi connectivity index (χ1) is 9.92. The average Bonchev–Trinajstić information content (AvgIpc) is 2.39. The number of rotatable bonds is 6. The molecule has 0 aromatic heterocycles. The minimum Gasteiger partial charge on any atom is -0.309 e. The van der Waals surface area contributed by atoms with Crippen molar-refractivity contribution in [3.05, 3.63) is 65.2 Å². The maximum Gasteiger partial charge on any atom is 0.229 e. The average molecular weight is 304 g/mol. The summed E-state index contributed by atoms with van der Waals surface area (Å²) < 4.78 is 24.9. The third kappa shape index (κ3) is 5.57. The summed E-state index contributed by atoms with van der Waals surface area (Å²) >= 11 is 0. The van der Waals surface area contributed by atoms with Gasteiger partial charge >= 0.3 is 0 Å². The molecule has 0 unspecified atom stereocenters. The Morgan fingerprint density at radius 1 is 0.952 bits per heavy atom. The molecule has 0 atom stereocenters. The van der Waals surface area contributed by atoms with Gasteiger partial charge in [-0.2, -0.15) is 0 Å². The van der Waals surface area contributed by atoms with Crippen LogP contribution in [0.4, 0.5) is 5.69 Å². The lowest BCUT2D eigenvalue weighted by atomic mass is 10.1. The highest BCUT2D eigenvalue weighted by molar-refractivity contribution is 7.92. The Labute approximate surface area is 126 Å². The largest absolute Gasteiger partial charge is 0.309 e. The molecule has 0 aliphatic carbocycles. The molecule has 0 heterocycles. The highest BCUT2D eigenvalue weighted by Crippen LogP contribution is 2.12. The molecular weight excluding hydrogens is 284 g/mol. The highest BCUT2D eigenvalue weighted by Gasteiger charge is 2.02. The molecule has 5 heteroatoms. The molecule has 0 saturated heterocycles. The van der Waals surface area contributed by atoms with Gasteiger partial charge in [-0.25, -0.2) is 8.42 Å². The molecule has 2 aromatic carbocycles. The summed E-state index contributed by atoms with van der Waals surface area (Å²) in [5.41, 5.74) is 4.10. The molecule has 2 N–H and O–H groups in total. The van der Waals surface area contributed by atoms with E-state index in [1.54, 1.807) is 6.07 Å². The Morgan fingerprint density at radius 2 is 1.62 bits per heavy atom. The van der Waals surface area contributed by atoms with Crippen LogP contribution in [-0.4, -0.2) is 14.7 Å². The van der Waals surface area contributed by atoms with E-state index in [9.17, 15) is 8.42 Å². The van der Waals surface area contributed by atoms with Crippen LogP contribution in [0.15, 0.2) is 48.5 Å². The third-order valence-electron chi connectivity index (χ3n) is 3.01. The topological polar surface area (TPSA) is 58.2 Å². The number of hydrogen-bond donors (Lipinski definition) is 2. The number of sulfonamides is 1. The van der Waals surface area contributed by atoms with Gasteiger partial charge in [0, 0.05) is 18.8 Å². The predicted octanol–water partition coefficient (Wildman–Crippen LogP) is 2.66. The Kier molecular flexibility index (Phi) is 4.98. The smallest absolute Gasteiger partial charge is 0.229 e. The lowest BCUT2D eigenvalue weighted by Crippen LogP contribution is -2.13. The fourth-order valence-electron chi connectivity index (χ4n) is 2.02. The number of nitrogens with one attached hydrogen (secondary N) is 2. The summed E-state index contributed by atoms with van der Waals surface area (Å²) in [6.07, 6.45) is 1.15. The SMILES string of the molecule is Cc1ccc(CNCc2cccc(NS(C)(=O)=O)c2)cc1. The van der Waals surface area contributed by atoms with Crippen LogP contribution in [0.5, 0.6) is 0 Å². The molecule has 0 saturated carbocycles. The fraction of sp³-hybridized carbons (Fsp3) is 0.250. The van der Waals surface area contributed by atoms with Crippen molar-refractivity contribution in [2.75, 3.05) is 11.0 Å². The molecule has 2 aromatic rings. The van der Waals surface area contributed by atoms with E-state index in [2.05, 4.69) is 41.2 Å². The van der Waals surface area contributed by atoms with Crippen LogP contribution >= 0.6 is 0 Å². The second kappa shape index (κ2) is 6.74. The lowest BCUT2D eigenvalue weighted by molar-refractivity contribution is 0.607. The van der Waals surface area contributed by atoms with Crippen LogP contribution < -0.4 is 10.0 Å². The maximum atomic E-state index is 11.2. The molecule has 0 aliphatic heterocycles. The van der Waals surface area contributed by atoms with E-state index in [0.717, 1.165) is 18.4 Å². The van der Waals surface area contributed by atoms with Gasteiger partial charge in [0.2, 0.25) is 10.0 Å². The first kappa shape index (κ1) is 15.5. The summed E-state index contributed by atoms with van der Waals surface area (Å²) in [7, 11) is -3.23. The number of benzene rings is 2. The van der Waals surface area contributed by atoms with E-state index in [0.29, 0.717) is 12.2 Å². The Bertz CT molecular complexity index is 694. The zero-order valence-electron chi connectivity index (χ0n) is 12.3. The number of hydrogen-bond acceptors (Lipinski definition) is 3. The van der Waals surface area contributed by atoms with Crippen molar-refractivity contribution in [2.45, 2.75) is 20.0 Å². The van der Waals surface area contributed by atoms with Crippen molar-refractivity contribution in [3.63, 3.8) is 0 Å². The summed E-state index contributed by atoms with van der Waals surface area (Å²) in [5.74, 6) is 0. The minimum atomic E-state index is -3.23. The Balaban J connectivity index is 1.91. The maximum absolute atomic E-state index is 11.2. The zero-order chi connectivity index (χ0) is 15.3. The molecule has 2 rings (SSSR count). The van der Waals surface area contributed by atoms with Crippen LogP contribution in [0.2, 0.25) is 0 Å². The molecule has 4 nitrogen and oxygen atoms in total. The molecule has 0 bridgehead atoms. The van der Waals surface area contributed by atoms with E-state index in [1.807, 2.05) is 18.2 Å². The molecule has 0 amide bonds. The van der Waals surface area contributed by atoms with Gasteiger partial charge in [-0.05, 0) is 30.2 Å². The molecule has 112 valence electrons. The van der Waals surface area contributed by atoms with Gasteiger partial charge in [-0.3, -0.25) is 4.72 Å². The third-order valence-corrected chi connectivity index (χ3v) is 3.62. The molecule has 0 aliphatic rings. The van der Waals surface area contributed by atoms with Crippen LogP contribution in [0.1, 0.15) is 16.7 Å². The normalized spacial score (nSPS) is 11.3. The van der Waals surface area contributed by atoms with Gasteiger partial charge in [0.1, 0.15) is 0 Å². The first-order valence-corrected chi connectivity index (χ1v) is 8.64. The Morgan fingerprint density at radius 3 is 2.29 bits per heavy atom. The van der Waals surface area contributed by atoms with Crippen LogP contribution in [0, 0.1) is 6.92 Å². The van der Waals surface area contributed by atoms with Crippen molar-refractivity contribution >= 4 is 15.7 Å². The van der Waals surface area contributed by atoms with Crippen LogP contribution in [-0.2, 0) is 23.1 Å². The van der Waals surface area contributed by atoms with E-state index < -0.39 is 10.0 Å². The first-order valence-electron chi connectivity index (χ1n) is 6.75. The highest BCUT2D eigenvalue weighted by atomic mass is 32.2. The van der Waals surface area contributed by atoms with Gasteiger partial charge in [-0.1, -0.05) is 42.0 Å². The van der Waals surface area contributed by atoms with E-state index in [4.69, 9.17) is 0 Å². The lowest BCUT2D eigenvalue weighted by Gasteiger charge is -2.08. The number of aryl methyl sites for hydroxylation is 1. The van der Waals surface area contributed by atoms with Crippen molar-refractivity contribution in [3.8, 4) is 0 Å². The quantitative estimate of drug-likeness (QED) is 0.862. The van der Waals surface area contributed by atoms with Crippen molar-refractivity contribution in [1.82, 2.24) is 5.32 Å². The zero-order valence-corrected chi connectivity index (χ0v) is 13.1. The summed E-state index contributed by atoms with van der Waals surface area (Å²) in [6, 6.07) is 15.8.